The lowest BCUT2D eigenvalue weighted by Gasteiger charge is -2.30. The molecule has 1 heterocycles. The molecule has 0 fully saturated rings. The predicted molar refractivity (Wildman–Crippen MR) is 67.3 cm³/mol. The fraction of sp³-hybridized carbons (Fsp3) is 0.500. The fourth-order valence-corrected chi connectivity index (χ4v) is 3.87. The maximum atomic E-state index is 12.2. The Morgan fingerprint density at radius 1 is 1.41 bits per heavy atom. The smallest absolute Gasteiger partial charge is 0.182 e. The van der Waals surface area contributed by atoms with E-state index in [9.17, 15) is 8.42 Å². The molecule has 1 aliphatic heterocycles. The highest BCUT2D eigenvalue weighted by atomic mass is 32.2. The summed E-state index contributed by atoms with van der Waals surface area (Å²) in [7, 11) is -1.67. The molecule has 4 nitrogen and oxygen atoms in total. The minimum Gasteiger partial charge on any atom is -0.495 e. The second-order valence-electron chi connectivity index (χ2n) is 4.61. The first-order valence-corrected chi connectivity index (χ1v) is 7.27. The third kappa shape index (κ3) is 2.11. The summed E-state index contributed by atoms with van der Waals surface area (Å²) in [5.41, 5.74) is 0.597. The number of sulfone groups is 1. The van der Waals surface area contributed by atoms with Crippen molar-refractivity contribution >= 4 is 15.5 Å². The van der Waals surface area contributed by atoms with Gasteiger partial charge in [-0.05, 0) is 18.1 Å². The number of ether oxygens (including phenoxy) is 1. The summed E-state index contributed by atoms with van der Waals surface area (Å²) < 4.78 is 29.5. The Bertz CT molecular complexity index is 523. The van der Waals surface area contributed by atoms with Gasteiger partial charge in [0.05, 0.1) is 23.4 Å². The molecule has 1 atom stereocenters. The van der Waals surface area contributed by atoms with Crippen molar-refractivity contribution in [1.29, 1.82) is 0 Å². The van der Waals surface area contributed by atoms with Gasteiger partial charge in [-0.2, -0.15) is 0 Å². The molecule has 1 aromatic rings. The number of para-hydroxylation sites is 1. The molecule has 0 aromatic heterocycles. The van der Waals surface area contributed by atoms with Gasteiger partial charge in [0, 0.05) is 6.04 Å². The topological polar surface area (TPSA) is 55.4 Å². The lowest BCUT2D eigenvalue weighted by Crippen LogP contribution is -2.38. The van der Waals surface area contributed by atoms with Gasteiger partial charge in [-0.25, -0.2) is 8.42 Å². The zero-order chi connectivity index (χ0) is 12.6. The molecule has 94 valence electrons. The summed E-state index contributed by atoms with van der Waals surface area (Å²) in [4.78, 5) is 0.341. The van der Waals surface area contributed by atoms with Crippen LogP contribution in [0.2, 0.25) is 0 Å². The number of rotatable bonds is 2. The Morgan fingerprint density at radius 3 is 2.71 bits per heavy atom. The highest BCUT2D eigenvalue weighted by molar-refractivity contribution is 7.91. The first-order valence-electron chi connectivity index (χ1n) is 5.62. The fourth-order valence-electron chi connectivity index (χ4n) is 1.99. The van der Waals surface area contributed by atoms with Crippen LogP contribution in [-0.2, 0) is 9.84 Å². The van der Waals surface area contributed by atoms with Gasteiger partial charge >= 0.3 is 0 Å². The van der Waals surface area contributed by atoms with Gasteiger partial charge in [0.15, 0.2) is 9.84 Å². The van der Waals surface area contributed by atoms with E-state index in [1.807, 2.05) is 13.8 Å². The SMILES string of the molecule is COc1cccc2c1NC(C(C)C)CS2(=O)=O. The minimum atomic E-state index is -3.21. The zero-order valence-corrected chi connectivity index (χ0v) is 11.0. The van der Waals surface area contributed by atoms with Crippen LogP contribution < -0.4 is 10.1 Å². The molecular weight excluding hydrogens is 238 g/mol. The van der Waals surface area contributed by atoms with E-state index in [1.54, 1.807) is 25.3 Å². The van der Waals surface area contributed by atoms with Crippen molar-refractivity contribution in [2.24, 2.45) is 5.92 Å². The van der Waals surface area contributed by atoms with Crippen LogP contribution in [0.15, 0.2) is 23.1 Å². The van der Waals surface area contributed by atoms with Crippen LogP contribution in [0, 0.1) is 5.92 Å². The predicted octanol–water partition coefficient (Wildman–Crippen LogP) is 1.92. The van der Waals surface area contributed by atoms with Crippen molar-refractivity contribution in [3.05, 3.63) is 18.2 Å². The highest BCUT2D eigenvalue weighted by Crippen LogP contribution is 2.37. The molecule has 0 saturated heterocycles. The molecule has 1 N–H and O–H groups in total. The maximum absolute atomic E-state index is 12.2. The third-order valence-corrected chi connectivity index (χ3v) is 4.88. The van der Waals surface area contributed by atoms with Crippen molar-refractivity contribution in [2.45, 2.75) is 24.8 Å². The minimum absolute atomic E-state index is 0.0659. The zero-order valence-electron chi connectivity index (χ0n) is 10.2. The Balaban J connectivity index is 2.57. The molecule has 0 amide bonds. The van der Waals surface area contributed by atoms with Gasteiger partial charge in [0.2, 0.25) is 0 Å². The van der Waals surface area contributed by atoms with Crippen LogP contribution in [0.3, 0.4) is 0 Å². The van der Waals surface area contributed by atoms with E-state index >= 15 is 0 Å². The van der Waals surface area contributed by atoms with Gasteiger partial charge in [-0.1, -0.05) is 19.9 Å². The summed E-state index contributed by atoms with van der Waals surface area (Å²) in [5.74, 6) is 0.976. The number of fused-ring (bicyclic) bond motifs is 1. The van der Waals surface area contributed by atoms with Crippen LogP contribution in [-0.4, -0.2) is 27.3 Å². The van der Waals surface area contributed by atoms with Gasteiger partial charge in [0.25, 0.3) is 0 Å². The van der Waals surface area contributed by atoms with E-state index in [4.69, 9.17) is 4.74 Å². The average Bonchev–Trinajstić information content (AvgIpc) is 2.27. The lowest BCUT2D eigenvalue weighted by atomic mass is 10.1. The third-order valence-electron chi connectivity index (χ3n) is 3.08. The molecule has 2 rings (SSSR count). The first-order chi connectivity index (χ1) is 7.95. The Hall–Kier alpha value is -1.23. The quantitative estimate of drug-likeness (QED) is 0.877. The second kappa shape index (κ2) is 4.22. The van der Waals surface area contributed by atoms with Crippen LogP contribution in [0.4, 0.5) is 5.69 Å². The lowest BCUT2D eigenvalue weighted by molar-refractivity contribution is 0.413. The maximum Gasteiger partial charge on any atom is 0.182 e. The van der Waals surface area contributed by atoms with Gasteiger partial charge in [0.1, 0.15) is 5.75 Å². The number of anilines is 1. The van der Waals surface area contributed by atoms with Gasteiger partial charge in [-0.3, -0.25) is 0 Å². The van der Waals surface area contributed by atoms with Crippen LogP contribution in [0.25, 0.3) is 0 Å². The molecule has 0 bridgehead atoms. The summed E-state index contributed by atoms with van der Waals surface area (Å²) in [6, 6.07) is 5.02. The highest BCUT2D eigenvalue weighted by Gasteiger charge is 2.33. The first kappa shape index (κ1) is 12.2. The van der Waals surface area contributed by atoms with E-state index in [0.717, 1.165) is 0 Å². The molecule has 0 aliphatic carbocycles. The van der Waals surface area contributed by atoms with E-state index in [1.165, 1.54) is 0 Å². The molecule has 5 heteroatoms. The van der Waals surface area contributed by atoms with Crippen LogP contribution in [0.1, 0.15) is 13.8 Å². The monoisotopic (exact) mass is 255 g/mol. The Kier molecular flexibility index (Phi) is 3.03. The van der Waals surface area contributed by atoms with E-state index in [2.05, 4.69) is 5.32 Å². The number of nitrogens with one attached hydrogen (secondary N) is 1. The van der Waals surface area contributed by atoms with Crippen molar-refractivity contribution in [3.8, 4) is 5.75 Å². The summed E-state index contributed by atoms with van der Waals surface area (Å²) in [6.45, 7) is 4.02. The van der Waals surface area contributed by atoms with E-state index < -0.39 is 9.84 Å². The molecular formula is C12H17NO3S. The normalized spacial score (nSPS) is 21.8. The molecule has 1 aromatic carbocycles. The van der Waals surface area contributed by atoms with E-state index in [-0.39, 0.29) is 17.7 Å². The second-order valence-corrected chi connectivity index (χ2v) is 6.61. The number of hydrogen-bond donors (Lipinski definition) is 1. The average molecular weight is 255 g/mol. The van der Waals surface area contributed by atoms with Crippen molar-refractivity contribution in [1.82, 2.24) is 0 Å². The van der Waals surface area contributed by atoms with Crippen LogP contribution in [0.5, 0.6) is 5.75 Å². The number of benzene rings is 1. The molecule has 0 spiro atoms. The number of methoxy groups -OCH3 is 1. The van der Waals surface area contributed by atoms with Gasteiger partial charge < -0.3 is 10.1 Å². The standard InChI is InChI=1S/C12H17NO3S/c1-8(2)9-7-17(14,15)11-6-4-5-10(16-3)12(11)13-9/h4-6,8-9,13H,7H2,1-3H3. The summed E-state index contributed by atoms with van der Waals surface area (Å²) >= 11 is 0. The van der Waals surface area contributed by atoms with Crippen molar-refractivity contribution in [3.63, 3.8) is 0 Å². The van der Waals surface area contributed by atoms with Crippen molar-refractivity contribution in [2.75, 3.05) is 18.2 Å². The van der Waals surface area contributed by atoms with Gasteiger partial charge in [-0.15, -0.1) is 0 Å². The molecule has 17 heavy (non-hydrogen) atoms. The molecule has 0 saturated carbocycles. The summed E-state index contributed by atoms with van der Waals surface area (Å²) in [6.07, 6.45) is 0. The van der Waals surface area contributed by atoms with Crippen molar-refractivity contribution < 1.29 is 13.2 Å². The Labute approximate surface area is 102 Å². The summed E-state index contributed by atoms with van der Waals surface area (Å²) in [5, 5.41) is 3.27. The Morgan fingerprint density at radius 2 is 2.12 bits per heavy atom. The molecule has 1 aliphatic rings. The van der Waals surface area contributed by atoms with Crippen LogP contribution >= 0.6 is 0 Å². The van der Waals surface area contributed by atoms with E-state index in [0.29, 0.717) is 16.3 Å². The molecule has 0 radical (unpaired) electrons. The largest absolute Gasteiger partial charge is 0.495 e. The molecule has 1 unspecified atom stereocenters. The number of hydrogen-bond acceptors (Lipinski definition) is 4.